The summed E-state index contributed by atoms with van der Waals surface area (Å²) in [6.45, 7) is 1.25. The third-order valence-corrected chi connectivity index (χ3v) is 2.22. The number of benzene rings is 1. The van der Waals surface area contributed by atoms with Gasteiger partial charge in [-0.3, -0.25) is 4.79 Å². The molecule has 0 aliphatic rings. The van der Waals surface area contributed by atoms with Gasteiger partial charge >= 0.3 is 0 Å². The number of nitrogens with two attached hydrogens (primary N) is 1. The lowest BCUT2D eigenvalue weighted by Crippen LogP contribution is -1.98. The first kappa shape index (κ1) is 15.5. The smallest absolute Gasteiger partial charge is 0.212 e. The van der Waals surface area contributed by atoms with Gasteiger partial charge in [0.1, 0.15) is 29.1 Å². The first-order valence-electron chi connectivity index (χ1n) is 5.48. The molecule has 0 aliphatic heterocycles. The molecule has 0 saturated carbocycles. The van der Waals surface area contributed by atoms with E-state index in [1.165, 1.54) is 6.92 Å². The van der Waals surface area contributed by atoms with Crippen LogP contribution in [0.25, 0.3) is 0 Å². The van der Waals surface area contributed by atoms with Crippen molar-refractivity contribution in [3.05, 3.63) is 53.3 Å². The van der Waals surface area contributed by atoms with E-state index < -0.39 is 17.5 Å². The fourth-order valence-electron chi connectivity index (χ4n) is 1.21. The van der Waals surface area contributed by atoms with E-state index in [1.807, 2.05) is 0 Å². The van der Waals surface area contributed by atoms with Crippen LogP contribution in [0, 0.1) is 24.4 Å². The zero-order valence-corrected chi connectivity index (χ0v) is 10.5. The highest BCUT2D eigenvalue weighted by Crippen LogP contribution is 2.12. The maximum atomic E-state index is 12.4. The molecule has 0 aliphatic carbocycles. The van der Waals surface area contributed by atoms with Gasteiger partial charge < -0.3 is 11.1 Å². The van der Waals surface area contributed by atoms with Crippen molar-refractivity contribution in [3.8, 4) is 0 Å². The number of amides is 1. The molecule has 2 rings (SSSR count). The molecule has 3 N–H and O–H groups in total. The largest absolute Gasteiger partial charge is 0.384 e. The van der Waals surface area contributed by atoms with Crippen LogP contribution < -0.4 is 11.1 Å². The van der Waals surface area contributed by atoms with Gasteiger partial charge in [-0.25, -0.2) is 18.2 Å². The number of halogens is 3. The normalized spacial score (nSPS) is 9.40. The maximum Gasteiger partial charge on any atom is 0.212 e. The number of aromatic nitrogens is 1. The van der Waals surface area contributed by atoms with E-state index in [1.54, 1.807) is 18.2 Å². The number of hydrogen-bond acceptors (Lipinski definition) is 3. The van der Waals surface area contributed by atoms with Crippen LogP contribution in [-0.4, -0.2) is 11.4 Å². The summed E-state index contributed by atoms with van der Waals surface area (Å²) in [5, 5.41) is 2.38. The number of rotatable bonds is 2. The second kappa shape index (κ2) is 7.13. The molecule has 106 valence electrons. The molecular formula is C13H12F3N3O. The van der Waals surface area contributed by atoms with Gasteiger partial charge in [0.05, 0.1) is 0 Å². The Morgan fingerprint density at radius 1 is 1.20 bits per heavy atom. The van der Waals surface area contributed by atoms with Crippen LogP contribution in [0.5, 0.6) is 0 Å². The molecule has 0 atom stereocenters. The topological polar surface area (TPSA) is 68.0 Å². The van der Waals surface area contributed by atoms with Crippen LogP contribution in [0.15, 0.2) is 30.3 Å². The van der Waals surface area contributed by atoms with Crippen molar-refractivity contribution in [1.29, 1.82) is 0 Å². The molecule has 0 saturated heterocycles. The Morgan fingerprint density at radius 2 is 1.80 bits per heavy atom. The van der Waals surface area contributed by atoms with E-state index in [4.69, 9.17) is 5.73 Å². The number of pyridine rings is 1. The summed E-state index contributed by atoms with van der Waals surface area (Å²) in [6, 6.07) is 6.33. The van der Waals surface area contributed by atoms with Gasteiger partial charge in [-0.15, -0.1) is 0 Å². The molecule has 1 aromatic heterocycles. The summed E-state index contributed by atoms with van der Waals surface area (Å²) in [7, 11) is 0. The van der Waals surface area contributed by atoms with Gasteiger partial charge in [0.15, 0.2) is 0 Å². The molecule has 2 aromatic rings. The fraction of sp³-hybridized carbons (Fsp3) is 0.0769. The van der Waals surface area contributed by atoms with Crippen LogP contribution in [0.1, 0.15) is 5.56 Å². The minimum Gasteiger partial charge on any atom is -0.384 e. The lowest BCUT2D eigenvalue weighted by Gasteiger charge is -1.96. The van der Waals surface area contributed by atoms with Gasteiger partial charge in [0.2, 0.25) is 6.41 Å². The van der Waals surface area contributed by atoms with Crippen LogP contribution >= 0.6 is 0 Å². The van der Waals surface area contributed by atoms with Crippen LogP contribution in [0.3, 0.4) is 0 Å². The summed E-state index contributed by atoms with van der Waals surface area (Å²) in [4.78, 5) is 13.7. The average molecular weight is 283 g/mol. The van der Waals surface area contributed by atoms with Crippen molar-refractivity contribution in [2.24, 2.45) is 0 Å². The number of hydrogen-bond donors (Lipinski definition) is 2. The van der Waals surface area contributed by atoms with Crippen molar-refractivity contribution in [2.75, 3.05) is 11.1 Å². The predicted molar refractivity (Wildman–Crippen MR) is 69.4 cm³/mol. The number of nitrogens with one attached hydrogen (secondary N) is 1. The lowest BCUT2D eigenvalue weighted by atomic mass is 10.2. The van der Waals surface area contributed by atoms with Crippen molar-refractivity contribution >= 4 is 18.0 Å². The highest BCUT2D eigenvalue weighted by Gasteiger charge is 2.05. The van der Waals surface area contributed by atoms with E-state index in [0.717, 1.165) is 0 Å². The molecule has 1 aromatic carbocycles. The van der Waals surface area contributed by atoms with Crippen molar-refractivity contribution in [1.82, 2.24) is 4.98 Å². The Kier molecular flexibility index (Phi) is 5.52. The highest BCUT2D eigenvalue weighted by atomic mass is 19.1. The molecule has 0 radical (unpaired) electrons. The Hall–Kier alpha value is -2.57. The minimum absolute atomic E-state index is 0.151. The monoisotopic (exact) mass is 283 g/mol. The maximum absolute atomic E-state index is 12.4. The summed E-state index contributed by atoms with van der Waals surface area (Å²) >= 11 is 0. The van der Waals surface area contributed by atoms with E-state index in [9.17, 15) is 18.0 Å². The first-order chi connectivity index (χ1) is 9.43. The number of nitrogens with zero attached hydrogens (tertiary/aromatic N) is 1. The zero-order chi connectivity index (χ0) is 15.1. The molecule has 4 nitrogen and oxygen atoms in total. The van der Waals surface area contributed by atoms with Gasteiger partial charge in [-0.05, 0) is 19.1 Å². The molecule has 1 amide bonds. The standard InChI is InChI=1S/C7H5F3.C6H7N3O/c1-4-6(9)2-5(8)3-7(4)10;7-5-2-1-3-6(9-5)8-4-10/h2-3H,1H3;1-4H,(H3,7,8,9,10). The van der Waals surface area contributed by atoms with Crippen LogP contribution in [-0.2, 0) is 4.79 Å². The number of carbonyl (C=O) groups is 1. The summed E-state index contributed by atoms with van der Waals surface area (Å²) < 4.78 is 36.8. The van der Waals surface area contributed by atoms with E-state index in [2.05, 4.69) is 10.3 Å². The van der Waals surface area contributed by atoms with Crippen LogP contribution in [0.4, 0.5) is 24.8 Å². The molecule has 7 heteroatoms. The van der Waals surface area contributed by atoms with Gasteiger partial charge in [0, 0.05) is 17.7 Å². The number of carbonyl (C=O) groups excluding carboxylic acids is 1. The summed E-state index contributed by atoms with van der Waals surface area (Å²) in [6.07, 6.45) is 0.557. The summed E-state index contributed by atoms with van der Waals surface area (Å²) in [5.74, 6) is -1.72. The molecule has 20 heavy (non-hydrogen) atoms. The highest BCUT2D eigenvalue weighted by molar-refractivity contribution is 5.69. The Bertz CT molecular complexity index is 582. The second-order valence-electron chi connectivity index (χ2n) is 3.70. The lowest BCUT2D eigenvalue weighted by molar-refractivity contribution is -0.105. The van der Waals surface area contributed by atoms with E-state index in [0.29, 0.717) is 30.2 Å². The molecule has 0 unspecified atom stereocenters. The predicted octanol–water partition coefficient (Wildman–Crippen LogP) is 2.64. The first-order valence-corrected chi connectivity index (χ1v) is 5.48. The summed E-state index contributed by atoms with van der Waals surface area (Å²) in [5.41, 5.74) is 5.17. The van der Waals surface area contributed by atoms with Gasteiger partial charge in [-0.1, -0.05) is 6.07 Å². The third kappa shape index (κ3) is 4.60. The Labute approximate surface area is 113 Å². The average Bonchev–Trinajstić information content (AvgIpc) is 2.37. The molecule has 0 spiro atoms. The van der Waals surface area contributed by atoms with Gasteiger partial charge in [-0.2, -0.15) is 0 Å². The molecular weight excluding hydrogens is 271 g/mol. The van der Waals surface area contributed by atoms with Crippen molar-refractivity contribution in [3.63, 3.8) is 0 Å². The van der Waals surface area contributed by atoms with Crippen molar-refractivity contribution < 1.29 is 18.0 Å². The van der Waals surface area contributed by atoms with Crippen molar-refractivity contribution in [2.45, 2.75) is 6.92 Å². The molecule has 1 heterocycles. The minimum atomic E-state index is -0.888. The van der Waals surface area contributed by atoms with E-state index in [-0.39, 0.29) is 5.56 Å². The quantitative estimate of drug-likeness (QED) is 0.832. The molecule has 0 fully saturated rings. The third-order valence-electron chi connectivity index (χ3n) is 2.22. The van der Waals surface area contributed by atoms with Gasteiger partial charge in [0.25, 0.3) is 0 Å². The Balaban J connectivity index is 0.000000200. The zero-order valence-electron chi connectivity index (χ0n) is 10.5. The fourth-order valence-corrected chi connectivity index (χ4v) is 1.21. The van der Waals surface area contributed by atoms with Crippen LogP contribution in [0.2, 0.25) is 0 Å². The molecule has 0 bridgehead atoms. The Morgan fingerprint density at radius 3 is 2.30 bits per heavy atom. The second-order valence-corrected chi connectivity index (χ2v) is 3.70. The number of nitrogen functional groups attached to an aromatic ring is 1. The number of anilines is 2. The van der Waals surface area contributed by atoms with E-state index >= 15 is 0 Å². The SMILES string of the molecule is Cc1c(F)cc(F)cc1F.Nc1cccc(NC=O)n1.